The Bertz CT molecular complexity index is 936. The van der Waals surface area contributed by atoms with Gasteiger partial charge in [-0.3, -0.25) is 4.79 Å². The maximum absolute atomic E-state index is 12.6. The summed E-state index contributed by atoms with van der Waals surface area (Å²) in [4.78, 5) is 13.5. The highest BCUT2D eigenvalue weighted by molar-refractivity contribution is 7.92. The van der Waals surface area contributed by atoms with E-state index in [-0.39, 0.29) is 36.8 Å². The average molecular weight is 457 g/mol. The van der Waals surface area contributed by atoms with Crippen LogP contribution in [0.3, 0.4) is 0 Å². The number of nitrogens with zero attached hydrogens (tertiary/aromatic N) is 2. The van der Waals surface area contributed by atoms with Gasteiger partial charge in [-0.25, -0.2) is 16.8 Å². The molecule has 12 heteroatoms. The lowest BCUT2D eigenvalue weighted by molar-refractivity contribution is -0.137. The van der Waals surface area contributed by atoms with Gasteiger partial charge in [0.2, 0.25) is 15.9 Å². The molecule has 1 aliphatic rings. The van der Waals surface area contributed by atoms with Gasteiger partial charge in [-0.2, -0.15) is 17.5 Å². The molecule has 0 bridgehead atoms. The van der Waals surface area contributed by atoms with Crippen molar-refractivity contribution < 1.29 is 34.8 Å². The lowest BCUT2D eigenvalue weighted by Crippen LogP contribution is -2.53. The zero-order valence-electron chi connectivity index (χ0n) is 16.0. The monoisotopic (exact) mass is 456 g/mol. The molecule has 1 aliphatic heterocycles. The van der Waals surface area contributed by atoms with Crippen molar-refractivity contribution in [2.24, 2.45) is 0 Å². The largest absolute Gasteiger partial charge is 0.416 e. The van der Waals surface area contributed by atoms with Gasteiger partial charge in [-0.15, -0.1) is 0 Å². The normalized spacial score (nSPS) is 17.9. The number of sulfonamides is 1. The standard InChI is InChI=1S/C17H23F3N2O5S2/c1-3-12-28(24,25)13(2)16(23)21-8-10-22(11-9-21)29(26,27)15-6-4-14(5-7-15)17(18,19)20/h4-7,13H,3,8-12H2,1-2H3. The Morgan fingerprint density at radius 2 is 1.55 bits per heavy atom. The van der Waals surface area contributed by atoms with Crippen LogP contribution in [0.15, 0.2) is 29.2 Å². The predicted octanol–water partition coefficient (Wildman–Crippen LogP) is 1.75. The van der Waals surface area contributed by atoms with E-state index in [4.69, 9.17) is 0 Å². The Balaban J connectivity index is 2.07. The van der Waals surface area contributed by atoms with Crippen LogP contribution >= 0.6 is 0 Å². The summed E-state index contributed by atoms with van der Waals surface area (Å²) in [6.07, 6.45) is -4.18. The molecule has 0 saturated carbocycles. The number of carbonyl (C=O) groups excluding carboxylic acids is 1. The van der Waals surface area contributed by atoms with Gasteiger partial charge in [-0.05, 0) is 37.6 Å². The van der Waals surface area contributed by atoms with Gasteiger partial charge in [0.15, 0.2) is 9.84 Å². The summed E-state index contributed by atoms with van der Waals surface area (Å²) in [6.45, 7) is 2.87. The smallest absolute Gasteiger partial charge is 0.339 e. The molecule has 1 atom stereocenters. The first-order valence-corrected chi connectivity index (χ1v) is 12.1. The maximum atomic E-state index is 12.6. The third-order valence-corrected chi connectivity index (χ3v) is 8.91. The van der Waals surface area contributed by atoms with E-state index < -0.39 is 42.8 Å². The molecule has 1 fully saturated rings. The molecule has 2 rings (SSSR count). The number of hydrogen-bond acceptors (Lipinski definition) is 5. The number of benzene rings is 1. The van der Waals surface area contributed by atoms with E-state index in [1.54, 1.807) is 6.92 Å². The minimum Gasteiger partial charge on any atom is -0.339 e. The second-order valence-electron chi connectivity index (χ2n) is 6.76. The van der Waals surface area contributed by atoms with E-state index in [0.717, 1.165) is 16.4 Å². The molecule has 0 aromatic heterocycles. The molecule has 1 aromatic carbocycles. The number of hydrogen-bond donors (Lipinski definition) is 0. The SMILES string of the molecule is CCCS(=O)(=O)C(C)C(=O)N1CCN(S(=O)(=O)c2ccc(C(F)(F)F)cc2)CC1. The fraction of sp³-hybridized carbons (Fsp3) is 0.588. The number of amides is 1. The Morgan fingerprint density at radius 1 is 1.03 bits per heavy atom. The molecule has 1 amide bonds. The van der Waals surface area contributed by atoms with Crippen molar-refractivity contribution in [1.82, 2.24) is 9.21 Å². The lowest BCUT2D eigenvalue weighted by Gasteiger charge is -2.35. The number of alkyl halides is 3. The molecule has 1 unspecified atom stereocenters. The molecule has 164 valence electrons. The van der Waals surface area contributed by atoms with Crippen molar-refractivity contribution in [2.75, 3.05) is 31.9 Å². The molecular weight excluding hydrogens is 433 g/mol. The van der Waals surface area contributed by atoms with Gasteiger partial charge >= 0.3 is 6.18 Å². The van der Waals surface area contributed by atoms with Crippen LogP contribution < -0.4 is 0 Å². The number of rotatable bonds is 6. The third kappa shape index (κ3) is 5.28. The van der Waals surface area contributed by atoms with Crippen molar-refractivity contribution in [3.8, 4) is 0 Å². The van der Waals surface area contributed by atoms with Crippen LogP contribution in [0.5, 0.6) is 0 Å². The van der Waals surface area contributed by atoms with Crippen LogP contribution in [0.25, 0.3) is 0 Å². The van der Waals surface area contributed by atoms with Gasteiger partial charge in [0.25, 0.3) is 0 Å². The Labute approximate surface area is 168 Å². The van der Waals surface area contributed by atoms with Gasteiger partial charge in [0.05, 0.1) is 16.2 Å². The average Bonchev–Trinajstić information content (AvgIpc) is 2.66. The zero-order chi connectivity index (χ0) is 22.0. The quantitative estimate of drug-likeness (QED) is 0.651. The van der Waals surface area contributed by atoms with E-state index in [1.807, 2.05) is 0 Å². The Kier molecular flexibility index (Phi) is 7.01. The highest BCUT2D eigenvalue weighted by Crippen LogP contribution is 2.30. The van der Waals surface area contributed by atoms with Crippen molar-refractivity contribution >= 4 is 25.8 Å². The number of carbonyl (C=O) groups is 1. The van der Waals surface area contributed by atoms with Crippen LogP contribution in [0.1, 0.15) is 25.8 Å². The minimum absolute atomic E-state index is 0.00465. The topological polar surface area (TPSA) is 91.8 Å². The molecule has 1 saturated heterocycles. The first kappa shape index (κ1) is 23.6. The Hall–Kier alpha value is -1.66. The van der Waals surface area contributed by atoms with Gasteiger partial charge in [-0.1, -0.05) is 6.92 Å². The summed E-state index contributed by atoms with van der Waals surface area (Å²) in [7, 11) is -7.60. The predicted molar refractivity (Wildman–Crippen MR) is 100 cm³/mol. The summed E-state index contributed by atoms with van der Waals surface area (Å²) in [5, 5.41) is -1.21. The third-order valence-electron chi connectivity index (χ3n) is 4.74. The van der Waals surface area contributed by atoms with E-state index >= 15 is 0 Å². The molecule has 0 N–H and O–H groups in total. The van der Waals surface area contributed by atoms with Crippen LogP contribution in [0.4, 0.5) is 13.2 Å². The maximum Gasteiger partial charge on any atom is 0.416 e. The highest BCUT2D eigenvalue weighted by atomic mass is 32.2. The second kappa shape index (κ2) is 8.60. The molecule has 7 nitrogen and oxygen atoms in total. The molecule has 1 aromatic rings. The molecule has 0 spiro atoms. The van der Waals surface area contributed by atoms with Crippen LogP contribution in [-0.4, -0.2) is 69.1 Å². The molecular formula is C17H23F3N2O5S2. The van der Waals surface area contributed by atoms with E-state index in [2.05, 4.69) is 0 Å². The number of piperazine rings is 1. The first-order valence-electron chi connectivity index (χ1n) is 8.98. The summed E-state index contributed by atoms with van der Waals surface area (Å²) in [6, 6.07) is 3.20. The molecule has 1 heterocycles. The van der Waals surface area contributed by atoms with E-state index in [9.17, 15) is 34.8 Å². The van der Waals surface area contributed by atoms with Gasteiger partial charge < -0.3 is 4.90 Å². The summed E-state index contributed by atoms with van der Waals surface area (Å²) >= 11 is 0. The molecule has 29 heavy (non-hydrogen) atoms. The fourth-order valence-corrected chi connectivity index (χ4v) is 5.79. The highest BCUT2D eigenvalue weighted by Gasteiger charge is 2.36. The fourth-order valence-electron chi connectivity index (χ4n) is 2.99. The van der Waals surface area contributed by atoms with Gasteiger partial charge in [0, 0.05) is 26.2 Å². The summed E-state index contributed by atoms with van der Waals surface area (Å²) in [5.41, 5.74) is -0.950. The molecule has 0 radical (unpaired) electrons. The first-order chi connectivity index (χ1) is 13.3. The lowest BCUT2D eigenvalue weighted by atomic mass is 10.2. The summed E-state index contributed by atoms with van der Waals surface area (Å²) < 4.78 is 88.5. The minimum atomic E-state index is -4.57. The van der Waals surface area contributed by atoms with Crippen LogP contribution in [0.2, 0.25) is 0 Å². The number of halogens is 3. The molecule has 0 aliphatic carbocycles. The van der Waals surface area contributed by atoms with Crippen LogP contribution in [0, 0.1) is 0 Å². The van der Waals surface area contributed by atoms with E-state index in [1.165, 1.54) is 11.8 Å². The van der Waals surface area contributed by atoms with Crippen LogP contribution in [-0.2, 0) is 30.8 Å². The number of sulfone groups is 1. The van der Waals surface area contributed by atoms with Gasteiger partial charge in [0.1, 0.15) is 5.25 Å². The van der Waals surface area contributed by atoms with Crippen molar-refractivity contribution in [3.63, 3.8) is 0 Å². The Morgan fingerprint density at radius 3 is 2.00 bits per heavy atom. The van der Waals surface area contributed by atoms with Crippen molar-refractivity contribution in [2.45, 2.75) is 36.6 Å². The van der Waals surface area contributed by atoms with Crippen molar-refractivity contribution in [3.05, 3.63) is 29.8 Å². The summed E-state index contributed by atoms with van der Waals surface area (Å²) in [5.74, 6) is -0.688. The van der Waals surface area contributed by atoms with Crippen molar-refractivity contribution in [1.29, 1.82) is 0 Å². The zero-order valence-corrected chi connectivity index (χ0v) is 17.6. The van der Waals surface area contributed by atoms with E-state index in [0.29, 0.717) is 18.6 Å². The second-order valence-corrected chi connectivity index (χ2v) is 11.1.